The third-order valence-corrected chi connectivity index (χ3v) is 3.34. The number of carbonyl (C=O) groups is 1. The molecule has 0 aliphatic carbocycles. The summed E-state index contributed by atoms with van der Waals surface area (Å²) in [6, 6.07) is 1.38. The smallest absolute Gasteiger partial charge is 0.345 e. The van der Waals surface area contributed by atoms with E-state index in [2.05, 4.69) is 15.9 Å². The molecule has 0 fully saturated rings. The number of hydrogen-bond donors (Lipinski definition) is 3. The third-order valence-electron chi connectivity index (χ3n) is 1.94. The highest BCUT2D eigenvalue weighted by Crippen LogP contribution is 2.24. The van der Waals surface area contributed by atoms with Crippen LogP contribution >= 0.6 is 27.3 Å². The van der Waals surface area contributed by atoms with Crippen molar-refractivity contribution in [3.8, 4) is 0 Å². The molecule has 1 rings (SSSR count). The zero-order chi connectivity index (χ0) is 11.4. The Bertz CT molecular complexity index is 339. The second-order valence-electron chi connectivity index (χ2n) is 3.04. The number of aliphatic hydroxyl groups excluding tert-OH is 2. The number of aliphatic hydroxyl groups is 2. The monoisotopic (exact) mass is 294 g/mol. The molecule has 0 aliphatic heterocycles. The second kappa shape index (κ2) is 5.60. The summed E-state index contributed by atoms with van der Waals surface area (Å²) in [6.45, 7) is 0. The first-order valence-electron chi connectivity index (χ1n) is 4.30. The molecule has 3 N–H and O–H groups in total. The number of carboxylic acids is 1. The number of thiophene rings is 1. The highest BCUT2D eigenvalue weighted by Gasteiger charge is 2.20. The van der Waals surface area contributed by atoms with Crippen LogP contribution in [0.4, 0.5) is 0 Å². The minimum Gasteiger partial charge on any atom is -0.477 e. The first kappa shape index (κ1) is 12.6. The lowest BCUT2D eigenvalue weighted by Gasteiger charge is -2.15. The molecule has 84 valence electrons. The predicted molar refractivity (Wildman–Crippen MR) is 60.7 cm³/mol. The van der Waals surface area contributed by atoms with Crippen LogP contribution in [-0.4, -0.2) is 32.7 Å². The SMILES string of the molecule is O=C(O)c1cc(C(O)C(O)CCBr)cs1. The van der Waals surface area contributed by atoms with Crippen molar-refractivity contribution >= 4 is 33.2 Å². The molecule has 0 aromatic carbocycles. The number of halogens is 1. The van der Waals surface area contributed by atoms with Crippen molar-refractivity contribution in [1.29, 1.82) is 0 Å². The van der Waals surface area contributed by atoms with Crippen molar-refractivity contribution in [3.05, 3.63) is 21.9 Å². The summed E-state index contributed by atoms with van der Waals surface area (Å²) >= 11 is 4.20. The van der Waals surface area contributed by atoms with Crippen LogP contribution in [0.3, 0.4) is 0 Å². The van der Waals surface area contributed by atoms with Gasteiger partial charge in [0.2, 0.25) is 0 Å². The van der Waals surface area contributed by atoms with Gasteiger partial charge in [0.1, 0.15) is 11.0 Å². The van der Waals surface area contributed by atoms with Gasteiger partial charge in [0.05, 0.1) is 6.10 Å². The molecule has 2 atom stereocenters. The number of carboxylic acid groups (broad SMARTS) is 1. The molecule has 15 heavy (non-hydrogen) atoms. The zero-order valence-electron chi connectivity index (χ0n) is 7.76. The van der Waals surface area contributed by atoms with E-state index < -0.39 is 18.2 Å². The lowest BCUT2D eigenvalue weighted by molar-refractivity contribution is 0.0175. The summed E-state index contributed by atoms with van der Waals surface area (Å²) in [5.41, 5.74) is 0.450. The molecule has 0 saturated heterocycles. The van der Waals surface area contributed by atoms with Crippen LogP contribution < -0.4 is 0 Å². The van der Waals surface area contributed by atoms with Gasteiger partial charge in [0.15, 0.2) is 0 Å². The zero-order valence-corrected chi connectivity index (χ0v) is 10.2. The maximum atomic E-state index is 10.6. The summed E-state index contributed by atoms with van der Waals surface area (Å²) in [5, 5.41) is 30.0. The predicted octanol–water partition coefficient (Wildman–Crippen LogP) is 1.63. The lowest BCUT2D eigenvalue weighted by Crippen LogP contribution is -2.18. The molecule has 0 amide bonds. The third kappa shape index (κ3) is 3.27. The molecule has 0 spiro atoms. The van der Waals surface area contributed by atoms with Crippen LogP contribution in [0.2, 0.25) is 0 Å². The van der Waals surface area contributed by atoms with Gasteiger partial charge < -0.3 is 15.3 Å². The van der Waals surface area contributed by atoms with Crippen LogP contribution in [0.15, 0.2) is 11.4 Å². The Kier molecular flexibility index (Phi) is 4.72. The second-order valence-corrected chi connectivity index (χ2v) is 4.74. The largest absolute Gasteiger partial charge is 0.477 e. The molecule has 1 aromatic rings. The fraction of sp³-hybridized carbons (Fsp3) is 0.444. The maximum absolute atomic E-state index is 10.6. The molecule has 4 nitrogen and oxygen atoms in total. The molecule has 1 aromatic heterocycles. The summed E-state index contributed by atoms with van der Waals surface area (Å²) in [6.07, 6.45) is -1.48. The van der Waals surface area contributed by atoms with Gasteiger partial charge in [-0.25, -0.2) is 4.79 Å². The molecule has 0 aliphatic rings. The van der Waals surface area contributed by atoms with E-state index in [1.54, 1.807) is 5.38 Å². The van der Waals surface area contributed by atoms with E-state index >= 15 is 0 Å². The fourth-order valence-electron chi connectivity index (χ4n) is 1.11. The molecule has 6 heteroatoms. The number of rotatable bonds is 5. The Morgan fingerprint density at radius 1 is 1.53 bits per heavy atom. The first-order chi connectivity index (χ1) is 7.06. The topological polar surface area (TPSA) is 77.8 Å². The van der Waals surface area contributed by atoms with Crippen LogP contribution in [0.1, 0.15) is 27.8 Å². The minimum atomic E-state index is -1.02. The Morgan fingerprint density at radius 3 is 2.67 bits per heavy atom. The van der Waals surface area contributed by atoms with Gasteiger partial charge in [-0.1, -0.05) is 15.9 Å². The van der Waals surface area contributed by atoms with Crippen molar-refractivity contribution in [3.63, 3.8) is 0 Å². The minimum absolute atomic E-state index is 0.162. The van der Waals surface area contributed by atoms with E-state index in [1.807, 2.05) is 0 Å². The average Bonchev–Trinajstić information content (AvgIpc) is 2.65. The van der Waals surface area contributed by atoms with Gasteiger partial charge in [-0.2, -0.15) is 0 Å². The summed E-state index contributed by atoms with van der Waals surface area (Å²) in [4.78, 5) is 10.8. The fourth-order valence-corrected chi connectivity index (χ4v) is 2.35. The van der Waals surface area contributed by atoms with Gasteiger partial charge >= 0.3 is 5.97 Å². The van der Waals surface area contributed by atoms with Crippen molar-refractivity contribution in [2.45, 2.75) is 18.6 Å². The highest BCUT2D eigenvalue weighted by molar-refractivity contribution is 9.09. The van der Waals surface area contributed by atoms with E-state index in [0.717, 1.165) is 11.3 Å². The van der Waals surface area contributed by atoms with Gasteiger partial charge in [-0.15, -0.1) is 11.3 Å². The Hall–Kier alpha value is -0.430. The van der Waals surface area contributed by atoms with Crippen LogP contribution in [-0.2, 0) is 0 Å². The van der Waals surface area contributed by atoms with Crippen molar-refractivity contribution < 1.29 is 20.1 Å². The molecule has 0 saturated carbocycles. The first-order valence-corrected chi connectivity index (χ1v) is 6.30. The maximum Gasteiger partial charge on any atom is 0.345 e. The number of hydrogen-bond acceptors (Lipinski definition) is 4. The standard InChI is InChI=1S/C9H11BrO4S/c10-2-1-6(11)8(12)5-3-7(9(13)14)15-4-5/h3-4,6,8,11-12H,1-2H2,(H,13,14). The highest BCUT2D eigenvalue weighted by atomic mass is 79.9. The molecule has 1 heterocycles. The van der Waals surface area contributed by atoms with Gasteiger partial charge in [-0.3, -0.25) is 0 Å². The van der Waals surface area contributed by atoms with Gasteiger partial charge in [0.25, 0.3) is 0 Å². The summed E-state index contributed by atoms with van der Waals surface area (Å²) in [5.74, 6) is -1.02. The van der Waals surface area contributed by atoms with Crippen LogP contribution in [0, 0.1) is 0 Å². The molecule has 0 radical (unpaired) electrons. The Balaban J connectivity index is 2.73. The van der Waals surface area contributed by atoms with E-state index in [1.165, 1.54) is 6.07 Å². The van der Waals surface area contributed by atoms with E-state index in [9.17, 15) is 15.0 Å². The molecular formula is C9H11BrO4S. The van der Waals surface area contributed by atoms with E-state index in [-0.39, 0.29) is 4.88 Å². The molecule has 0 bridgehead atoms. The Labute approximate surface area is 99.3 Å². The van der Waals surface area contributed by atoms with E-state index in [4.69, 9.17) is 5.11 Å². The van der Waals surface area contributed by atoms with E-state index in [0.29, 0.717) is 17.3 Å². The average molecular weight is 295 g/mol. The normalized spacial score (nSPS) is 14.9. The van der Waals surface area contributed by atoms with Gasteiger partial charge in [-0.05, 0) is 23.4 Å². The van der Waals surface area contributed by atoms with Crippen molar-refractivity contribution in [1.82, 2.24) is 0 Å². The number of aromatic carboxylic acids is 1. The van der Waals surface area contributed by atoms with Crippen molar-refractivity contribution in [2.75, 3.05) is 5.33 Å². The lowest BCUT2D eigenvalue weighted by atomic mass is 10.1. The summed E-state index contributed by atoms with van der Waals surface area (Å²) < 4.78 is 0. The van der Waals surface area contributed by atoms with Crippen molar-refractivity contribution in [2.24, 2.45) is 0 Å². The van der Waals surface area contributed by atoms with Crippen LogP contribution in [0.25, 0.3) is 0 Å². The summed E-state index contributed by atoms with van der Waals surface area (Å²) in [7, 11) is 0. The number of alkyl halides is 1. The quantitative estimate of drug-likeness (QED) is 0.721. The Morgan fingerprint density at radius 2 is 2.20 bits per heavy atom. The molecule has 2 unspecified atom stereocenters. The molecular weight excluding hydrogens is 284 g/mol. The van der Waals surface area contributed by atoms with Gasteiger partial charge in [0, 0.05) is 5.33 Å². The van der Waals surface area contributed by atoms with Crippen LogP contribution in [0.5, 0.6) is 0 Å².